The number of rotatable bonds is 7. The third-order valence-electron chi connectivity index (χ3n) is 5.89. The van der Waals surface area contributed by atoms with Crippen molar-refractivity contribution < 1.29 is 37.3 Å². The van der Waals surface area contributed by atoms with E-state index in [0.717, 1.165) is 12.1 Å². The molecular weight excluding hydrogens is 463 g/mol. The molecule has 1 aliphatic rings. The van der Waals surface area contributed by atoms with Crippen LogP contribution in [0.15, 0.2) is 30.3 Å². The van der Waals surface area contributed by atoms with E-state index in [1.807, 2.05) is 4.90 Å². The van der Waals surface area contributed by atoms with Crippen LogP contribution in [0.4, 0.5) is 13.2 Å². The molecule has 0 aliphatic carbocycles. The zero-order valence-electron chi connectivity index (χ0n) is 18.4. The topological polar surface area (TPSA) is 68.2 Å². The molecule has 0 bridgehead atoms. The van der Waals surface area contributed by atoms with E-state index >= 15 is 0 Å². The van der Waals surface area contributed by atoms with Crippen molar-refractivity contribution in [2.45, 2.75) is 25.1 Å². The number of aliphatic carboxylic acids is 1. The highest BCUT2D eigenvalue weighted by atomic mass is 35.5. The quantitative estimate of drug-likeness (QED) is 0.574. The van der Waals surface area contributed by atoms with Crippen molar-refractivity contribution in [3.8, 4) is 17.2 Å². The molecule has 33 heavy (non-hydrogen) atoms. The smallest absolute Gasteiger partial charge is 0.416 e. The molecule has 1 fully saturated rings. The Labute approximate surface area is 194 Å². The maximum Gasteiger partial charge on any atom is 0.416 e. The Morgan fingerprint density at radius 2 is 1.58 bits per heavy atom. The lowest BCUT2D eigenvalue weighted by molar-refractivity contribution is -0.143. The number of carboxylic acids is 1. The van der Waals surface area contributed by atoms with E-state index in [4.69, 9.17) is 25.8 Å². The minimum atomic E-state index is -4.55. The highest BCUT2D eigenvalue weighted by Crippen LogP contribution is 2.45. The monoisotopic (exact) mass is 487 g/mol. The molecule has 1 saturated heterocycles. The Hall–Kier alpha value is -2.65. The van der Waals surface area contributed by atoms with Gasteiger partial charge in [0.2, 0.25) is 0 Å². The second-order valence-corrected chi connectivity index (χ2v) is 8.14. The fourth-order valence-corrected chi connectivity index (χ4v) is 4.38. The summed E-state index contributed by atoms with van der Waals surface area (Å²) in [6, 6.07) is 5.72. The summed E-state index contributed by atoms with van der Waals surface area (Å²) in [5.41, 5.74) is -0.0531. The highest BCUT2D eigenvalue weighted by molar-refractivity contribution is 6.31. The number of likely N-dealkylation sites (tertiary alicyclic amines) is 1. The van der Waals surface area contributed by atoms with Gasteiger partial charge in [0.25, 0.3) is 0 Å². The summed E-state index contributed by atoms with van der Waals surface area (Å²) in [4.78, 5) is 13.3. The third-order valence-corrected chi connectivity index (χ3v) is 6.24. The molecule has 0 saturated carbocycles. The molecule has 1 atom stereocenters. The van der Waals surface area contributed by atoms with Gasteiger partial charge in [-0.25, -0.2) is 0 Å². The summed E-state index contributed by atoms with van der Waals surface area (Å²) in [5, 5.41) is 9.52. The molecule has 10 heteroatoms. The summed E-state index contributed by atoms with van der Waals surface area (Å²) in [5.74, 6) is -0.233. The predicted octanol–water partition coefficient (Wildman–Crippen LogP) is 5.27. The van der Waals surface area contributed by atoms with Gasteiger partial charge in [-0.05, 0) is 55.8 Å². The number of benzene rings is 2. The van der Waals surface area contributed by atoms with Gasteiger partial charge in [0.1, 0.15) is 5.75 Å². The molecule has 0 radical (unpaired) electrons. The largest absolute Gasteiger partial charge is 0.496 e. The molecule has 180 valence electrons. The number of nitrogens with zero attached hydrogens (tertiary/aromatic N) is 1. The number of piperidine rings is 1. The van der Waals surface area contributed by atoms with Crippen LogP contribution in [-0.2, 0) is 11.0 Å². The van der Waals surface area contributed by atoms with Gasteiger partial charge >= 0.3 is 12.1 Å². The minimum absolute atomic E-state index is 0.158. The first-order valence-corrected chi connectivity index (χ1v) is 10.6. The summed E-state index contributed by atoms with van der Waals surface area (Å²) >= 11 is 6.43. The van der Waals surface area contributed by atoms with Gasteiger partial charge < -0.3 is 19.3 Å². The lowest BCUT2D eigenvalue weighted by Crippen LogP contribution is -2.39. The number of hydrogen-bond donors (Lipinski definition) is 1. The molecule has 1 N–H and O–H groups in total. The number of halogens is 4. The van der Waals surface area contributed by atoms with E-state index in [1.54, 1.807) is 12.1 Å². The summed E-state index contributed by atoms with van der Waals surface area (Å²) in [6.07, 6.45) is -3.84. The van der Waals surface area contributed by atoms with Crippen LogP contribution in [0.25, 0.3) is 0 Å². The van der Waals surface area contributed by atoms with Crippen molar-refractivity contribution in [2.75, 3.05) is 34.4 Å². The summed E-state index contributed by atoms with van der Waals surface area (Å²) in [7, 11) is 4.37. The number of carboxylic acid groups (broad SMARTS) is 1. The lowest BCUT2D eigenvalue weighted by Gasteiger charge is -2.38. The molecule has 0 spiro atoms. The first-order valence-electron chi connectivity index (χ1n) is 10.2. The number of carbonyl (C=O) groups is 1. The molecule has 2 aromatic carbocycles. The lowest BCUT2D eigenvalue weighted by atomic mass is 9.90. The van der Waals surface area contributed by atoms with Crippen molar-refractivity contribution in [1.82, 2.24) is 4.90 Å². The Kier molecular flexibility index (Phi) is 7.64. The van der Waals surface area contributed by atoms with Crippen molar-refractivity contribution in [3.63, 3.8) is 0 Å². The average molecular weight is 488 g/mol. The van der Waals surface area contributed by atoms with Crippen LogP contribution in [0.3, 0.4) is 0 Å². The molecule has 1 heterocycles. The number of ether oxygens (including phenoxy) is 3. The fraction of sp³-hybridized carbons (Fsp3) is 0.435. The van der Waals surface area contributed by atoms with E-state index in [0.29, 0.717) is 48.7 Å². The van der Waals surface area contributed by atoms with Crippen LogP contribution < -0.4 is 14.2 Å². The van der Waals surface area contributed by atoms with Gasteiger partial charge in [0.15, 0.2) is 11.5 Å². The molecular formula is C23H25ClF3NO5. The van der Waals surface area contributed by atoms with Crippen LogP contribution in [0.2, 0.25) is 5.02 Å². The summed E-state index contributed by atoms with van der Waals surface area (Å²) < 4.78 is 56.9. The van der Waals surface area contributed by atoms with E-state index in [2.05, 4.69) is 0 Å². The van der Waals surface area contributed by atoms with E-state index in [-0.39, 0.29) is 10.6 Å². The highest BCUT2D eigenvalue weighted by Gasteiger charge is 2.36. The van der Waals surface area contributed by atoms with Crippen LogP contribution in [0.1, 0.15) is 35.6 Å². The zero-order valence-corrected chi connectivity index (χ0v) is 19.2. The van der Waals surface area contributed by atoms with E-state index in [9.17, 15) is 23.1 Å². The van der Waals surface area contributed by atoms with Gasteiger partial charge in [0, 0.05) is 16.7 Å². The molecule has 0 amide bonds. The molecule has 1 aliphatic heterocycles. The van der Waals surface area contributed by atoms with E-state index in [1.165, 1.54) is 27.4 Å². The van der Waals surface area contributed by atoms with Crippen molar-refractivity contribution in [3.05, 3.63) is 52.0 Å². The van der Waals surface area contributed by atoms with Crippen molar-refractivity contribution in [2.24, 2.45) is 5.92 Å². The molecule has 0 aromatic heterocycles. The standard InChI is InChI=1S/C23H25ClF3NO5/c1-31-18-12-20(33-3)19(32-2)11-16(18)21(28-8-6-13(7-9-28)22(29)30)15-10-14(23(25,26)27)4-5-17(15)24/h4-5,10-13,21H,6-9H2,1-3H3,(H,29,30). The SMILES string of the molecule is COc1cc(OC)c(C(c2cc(C(F)(F)F)ccc2Cl)N2CCC(C(=O)O)CC2)cc1OC. The minimum Gasteiger partial charge on any atom is -0.496 e. The Morgan fingerprint density at radius 3 is 2.09 bits per heavy atom. The van der Waals surface area contributed by atoms with Crippen LogP contribution >= 0.6 is 11.6 Å². The second kappa shape index (κ2) is 10.1. The van der Waals surface area contributed by atoms with Crippen LogP contribution in [-0.4, -0.2) is 50.4 Å². The molecule has 3 rings (SSSR count). The van der Waals surface area contributed by atoms with Gasteiger partial charge in [-0.3, -0.25) is 9.69 Å². The molecule has 6 nitrogen and oxygen atoms in total. The van der Waals surface area contributed by atoms with Crippen molar-refractivity contribution in [1.29, 1.82) is 0 Å². The first kappa shape index (κ1) is 25.0. The molecule has 2 aromatic rings. The van der Waals surface area contributed by atoms with Gasteiger partial charge in [-0.2, -0.15) is 13.2 Å². The zero-order chi connectivity index (χ0) is 24.3. The van der Waals surface area contributed by atoms with Gasteiger partial charge in [-0.15, -0.1) is 0 Å². The second-order valence-electron chi connectivity index (χ2n) is 7.73. The number of alkyl halides is 3. The van der Waals surface area contributed by atoms with Crippen LogP contribution in [0.5, 0.6) is 17.2 Å². The van der Waals surface area contributed by atoms with E-state index < -0.39 is 29.7 Å². The normalized spacial score (nSPS) is 16.3. The fourth-order valence-electron chi connectivity index (χ4n) is 4.16. The molecule has 1 unspecified atom stereocenters. The van der Waals surface area contributed by atoms with Gasteiger partial charge in [-0.1, -0.05) is 11.6 Å². The van der Waals surface area contributed by atoms with Crippen molar-refractivity contribution >= 4 is 17.6 Å². The Morgan fingerprint density at radius 1 is 1.00 bits per heavy atom. The first-order chi connectivity index (χ1) is 15.6. The average Bonchev–Trinajstić information content (AvgIpc) is 2.79. The van der Waals surface area contributed by atoms with Gasteiger partial charge in [0.05, 0.1) is 38.9 Å². The Balaban J connectivity index is 2.19. The third kappa shape index (κ3) is 5.30. The van der Waals surface area contributed by atoms with Crippen LogP contribution in [0, 0.1) is 5.92 Å². The number of methoxy groups -OCH3 is 3. The Bertz CT molecular complexity index is 1010. The number of hydrogen-bond acceptors (Lipinski definition) is 5. The maximum absolute atomic E-state index is 13.5. The summed E-state index contributed by atoms with van der Waals surface area (Å²) in [6.45, 7) is 0.706. The predicted molar refractivity (Wildman–Crippen MR) is 116 cm³/mol. The maximum atomic E-state index is 13.5.